The Morgan fingerprint density at radius 3 is 1.77 bits per heavy atom. The van der Waals surface area contributed by atoms with Crippen molar-refractivity contribution in [3.8, 4) is 0 Å². The summed E-state index contributed by atoms with van der Waals surface area (Å²) in [5.74, 6) is -3.18. The molecule has 0 unspecified atom stereocenters. The van der Waals surface area contributed by atoms with Crippen molar-refractivity contribution in [2.75, 3.05) is 6.61 Å². The van der Waals surface area contributed by atoms with E-state index < -0.39 is 60.4 Å². The van der Waals surface area contributed by atoms with Crippen molar-refractivity contribution < 1.29 is 47.7 Å². The van der Waals surface area contributed by atoms with Gasteiger partial charge in [0, 0.05) is 34.1 Å². The van der Waals surface area contributed by atoms with E-state index in [1.165, 1.54) is 6.92 Å². The molecule has 0 spiro atoms. The van der Waals surface area contributed by atoms with E-state index in [9.17, 15) is 24.0 Å². The Labute approximate surface area is 174 Å². The second-order valence-corrected chi connectivity index (χ2v) is 7.29. The van der Waals surface area contributed by atoms with Gasteiger partial charge in [0.2, 0.25) is 5.91 Å². The fourth-order valence-electron chi connectivity index (χ4n) is 2.93. The summed E-state index contributed by atoms with van der Waals surface area (Å²) in [5.41, 5.74) is 0. The topological polar surface area (TPSA) is 144 Å². The maximum atomic E-state index is 12.3. The van der Waals surface area contributed by atoms with Crippen LogP contribution in [-0.2, 0) is 47.7 Å². The smallest absolute Gasteiger partial charge is 0.303 e. The van der Waals surface area contributed by atoms with Crippen LogP contribution in [0.4, 0.5) is 0 Å². The second-order valence-electron chi connectivity index (χ2n) is 7.29. The van der Waals surface area contributed by atoms with E-state index in [-0.39, 0.29) is 18.9 Å². The lowest BCUT2D eigenvalue weighted by Gasteiger charge is -2.44. The quantitative estimate of drug-likeness (QED) is 0.419. The third-order valence-electron chi connectivity index (χ3n) is 3.89. The molecule has 1 aliphatic rings. The van der Waals surface area contributed by atoms with Crippen molar-refractivity contribution in [2.24, 2.45) is 5.92 Å². The SMILES string of the molecule is CC(=O)OC[C@H]1O[C@@H](NC(=O)CC(C)C)[C@H](OC(C)=O)[C@@H](OC(C)=O)[C@@H]1OC(C)=O. The van der Waals surface area contributed by atoms with E-state index in [0.717, 1.165) is 20.8 Å². The summed E-state index contributed by atoms with van der Waals surface area (Å²) in [5, 5.41) is 2.59. The van der Waals surface area contributed by atoms with Crippen molar-refractivity contribution in [2.45, 2.75) is 78.6 Å². The highest BCUT2D eigenvalue weighted by atomic mass is 16.7. The summed E-state index contributed by atoms with van der Waals surface area (Å²) in [6.45, 7) is 7.89. The van der Waals surface area contributed by atoms with Crippen molar-refractivity contribution in [3.05, 3.63) is 0 Å². The van der Waals surface area contributed by atoms with Crippen LogP contribution in [0.5, 0.6) is 0 Å². The number of amides is 1. The van der Waals surface area contributed by atoms with Crippen LogP contribution in [-0.4, -0.2) is 67.0 Å². The van der Waals surface area contributed by atoms with Crippen molar-refractivity contribution >= 4 is 29.8 Å². The molecule has 1 rings (SSSR count). The second kappa shape index (κ2) is 11.5. The third kappa shape index (κ3) is 8.36. The molecule has 0 aromatic rings. The van der Waals surface area contributed by atoms with Crippen LogP contribution < -0.4 is 5.32 Å². The highest BCUT2D eigenvalue weighted by Crippen LogP contribution is 2.28. The molecule has 170 valence electrons. The molecule has 30 heavy (non-hydrogen) atoms. The molecule has 0 aromatic carbocycles. The number of hydrogen-bond acceptors (Lipinski definition) is 10. The van der Waals surface area contributed by atoms with Crippen molar-refractivity contribution in [1.82, 2.24) is 5.32 Å². The molecule has 0 bridgehead atoms. The number of carbonyl (C=O) groups excluding carboxylic acids is 5. The van der Waals surface area contributed by atoms with Gasteiger partial charge in [-0.2, -0.15) is 0 Å². The zero-order valence-electron chi connectivity index (χ0n) is 18.0. The zero-order valence-corrected chi connectivity index (χ0v) is 18.0. The summed E-state index contributed by atoms with van der Waals surface area (Å²) in [6.07, 6.45) is -6.05. The average Bonchev–Trinajstić information content (AvgIpc) is 2.56. The molecule has 0 radical (unpaired) electrons. The van der Waals surface area contributed by atoms with Gasteiger partial charge < -0.3 is 29.0 Å². The van der Waals surface area contributed by atoms with Crippen molar-refractivity contribution in [3.63, 3.8) is 0 Å². The summed E-state index contributed by atoms with van der Waals surface area (Å²) in [7, 11) is 0. The summed E-state index contributed by atoms with van der Waals surface area (Å²) >= 11 is 0. The van der Waals surface area contributed by atoms with Gasteiger partial charge in [-0.15, -0.1) is 0 Å². The Bertz CT molecular complexity index is 662. The average molecular weight is 431 g/mol. The van der Waals surface area contributed by atoms with Gasteiger partial charge in [0.05, 0.1) is 0 Å². The van der Waals surface area contributed by atoms with Crippen LogP contribution in [0.1, 0.15) is 48.0 Å². The molecule has 1 N–H and O–H groups in total. The van der Waals surface area contributed by atoms with Crippen molar-refractivity contribution in [1.29, 1.82) is 0 Å². The van der Waals surface area contributed by atoms with Gasteiger partial charge in [-0.25, -0.2) is 0 Å². The first-order valence-corrected chi connectivity index (χ1v) is 9.50. The number of rotatable bonds is 8. The molecule has 0 aliphatic carbocycles. The van der Waals surface area contributed by atoms with Gasteiger partial charge in [0.25, 0.3) is 0 Å². The number of hydrogen-bond donors (Lipinski definition) is 1. The minimum atomic E-state index is -1.31. The predicted molar refractivity (Wildman–Crippen MR) is 99.6 cm³/mol. The molecule has 5 atom stereocenters. The number of ether oxygens (including phenoxy) is 5. The fraction of sp³-hybridized carbons (Fsp3) is 0.737. The van der Waals surface area contributed by atoms with Gasteiger partial charge in [-0.3, -0.25) is 24.0 Å². The first kappa shape index (κ1) is 25.3. The first-order valence-electron chi connectivity index (χ1n) is 9.50. The molecule has 1 aliphatic heterocycles. The summed E-state index contributed by atoms with van der Waals surface area (Å²) < 4.78 is 26.5. The Morgan fingerprint density at radius 1 is 0.800 bits per heavy atom. The predicted octanol–water partition coefficient (Wildman–Crippen LogP) is 0.232. The molecule has 1 saturated heterocycles. The van der Waals surface area contributed by atoms with E-state index in [1.807, 2.05) is 13.8 Å². The highest BCUT2D eigenvalue weighted by Gasteiger charge is 2.52. The van der Waals surface area contributed by atoms with Gasteiger partial charge in [-0.1, -0.05) is 13.8 Å². The molecule has 1 fully saturated rings. The van der Waals surface area contributed by atoms with Gasteiger partial charge in [0.15, 0.2) is 24.5 Å². The molecule has 1 heterocycles. The lowest BCUT2D eigenvalue weighted by atomic mass is 9.97. The lowest BCUT2D eigenvalue weighted by Crippen LogP contribution is -2.66. The van der Waals surface area contributed by atoms with E-state index in [1.54, 1.807) is 0 Å². The van der Waals surface area contributed by atoms with Crippen LogP contribution in [0.2, 0.25) is 0 Å². The Balaban J connectivity index is 3.30. The molecule has 11 heteroatoms. The van der Waals surface area contributed by atoms with E-state index in [4.69, 9.17) is 23.7 Å². The third-order valence-corrected chi connectivity index (χ3v) is 3.89. The number of esters is 4. The standard InChI is InChI=1S/C19H29NO10/c1-9(2)7-15(25)20-19-18(29-13(6)24)17(28-12(5)23)16(27-11(4)22)14(30-19)8-26-10(3)21/h9,14,16-19H,7-8H2,1-6H3,(H,20,25)/t14-,16-,17+,18-,19-/m1/s1. The maximum absolute atomic E-state index is 12.3. The molecule has 11 nitrogen and oxygen atoms in total. The fourth-order valence-corrected chi connectivity index (χ4v) is 2.93. The largest absolute Gasteiger partial charge is 0.463 e. The van der Waals surface area contributed by atoms with Crippen LogP contribution >= 0.6 is 0 Å². The first-order chi connectivity index (χ1) is 13.9. The normalized spacial score (nSPS) is 25.8. The maximum Gasteiger partial charge on any atom is 0.303 e. The minimum absolute atomic E-state index is 0.0377. The monoisotopic (exact) mass is 431 g/mol. The molecule has 0 aromatic heterocycles. The summed E-state index contributed by atoms with van der Waals surface area (Å²) in [4.78, 5) is 58.6. The van der Waals surface area contributed by atoms with Gasteiger partial charge in [-0.05, 0) is 5.92 Å². The number of nitrogens with one attached hydrogen (secondary N) is 1. The highest BCUT2D eigenvalue weighted by molar-refractivity contribution is 5.76. The molecule has 1 amide bonds. The van der Waals surface area contributed by atoms with Gasteiger partial charge in [0.1, 0.15) is 12.7 Å². The van der Waals surface area contributed by atoms with Crippen LogP contribution in [0.3, 0.4) is 0 Å². The minimum Gasteiger partial charge on any atom is -0.463 e. The van der Waals surface area contributed by atoms with Gasteiger partial charge >= 0.3 is 23.9 Å². The lowest BCUT2D eigenvalue weighted by molar-refractivity contribution is -0.257. The van der Waals surface area contributed by atoms with E-state index >= 15 is 0 Å². The van der Waals surface area contributed by atoms with E-state index in [2.05, 4.69) is 5.32 Å². The number of carbonyl (C=O) groups is 5. The van der Waals surface area contributed by atoms with Crippen LogP contribution in [0.25, 0.3) is 0 Å². The van der Waals surface area contributed by atoms with Crippen LogP contribution in [0.15, 0.2) is 0 Å². The molecular weight excluding hydrogens is 402 g/mol. The van der Waals surface area contributed by atoms with Crippen LogP contribution in [0, 0.1) is 5.92 Å². The Hall–Kier alpha value is -2.69. The zero-order chi connectivity index (χ0) is 23.0. The molecule has 0 saturated carbocycles. The Morgan fingerprint density at radius 2 is 1.30 bits per heavy atom. The molecular formula is C19H29NO10. The van der Waals surface area contributed by atoms with E-state index in [0.29, 0.717) is 0 Å². The Kier molecular flexibility index (Phi) is 9.70. The summed E-state index contributed by atoms with van der Waals surface area (Å²) in [6, 6.07) is 0.